The summed E-state index contributed by atoms with van der Waals surface area (Å²) in [7, 11) is 0. The fraction of sp³-hybridized carbons (Fsp3) is 0. The topological polar surface area (TPSA) is 52.0 Å². The first-order valence-corrected chi connectivity index (χ1v) is 4.91. The summed E-state index contributed by atoms with van der Waals surface area (Å²) in [6.07, 6.45) is 1.49. The summed E-state index contributed by atoms with van der Waals surface area (Å²) in [5, 5.41) is 3.01. The molecule has 1 aromatic carbocycles. The van der Waals surface area contributed by atoms with Crippen LogP contribution in [0, 0.1) is 0 Å². The van der Waals surface area contributed by atoms with Crippen molar-refractivity contribution in [2.45, 2.75) is 0 Å². The standard InChI is InChI=1S/C11H7ClN2O2/c12-11(16)10-9(15)6-7-14(13-10)8-4-2-1-3-5-8/h1-7H. The molecule has 0 amide bonds. The Morgan fingerprint density at radius 2 is 1.88 bits per heavy atom. The van der Waals surface area contributed by atoms with Gasteiger partial charge in [-0.1, -0.05) is 18.2 Å². The van der Waals surface area contributed by atoms with Crippen molar-refractivity contribution in [2.75, 3.05) is 0 Å². The number of aromatic nitrogens is 2. The molecule has 0 unspecified atom stereocenters. The number of nitrogens with zero attached hydrogens (tertiary/aromatic N) is 2. The lowest BCUT2D eigenvalue weighted by atomic mass is 10.3. The first-order valence-electron chi connectivity index (χ1n) is 4.54. The van der Waals surface area contributed by atoms with Crippen LogP contribution in [-0.4, -0.2) is 15.0 Å². The number of hydrogen-bond acceptors (Lipinski definition) is 3. The van der Waals surface area contributed by atoms with Gasteiger partial charge in [-0.15, -0.1) is 0 Å². The van der Waals surface area contributed by atoms with Gasteiger partial charge in [-0.25, -0.2) is 4.68 Å². The van der Waals surface area contributed by atoms with Gasteiger partial charge in [0, 0.05) is 12.3 Å². The molecule has 0 bridgehead atoms. The van der Waals surface area contributed by atoms with Gasteiger partial charge in [0.1, 0.15) is 0 Å². The molecule has 0 spiro atoms. The molecule has 0 N–H and O–H groups in total. The van der Waals surface area contributed by atoms with Gasteiger partial charge in [-0.05, 0) is 23.7 Å². The van der Waals surface area contributed by atoms with Crippen LogP contribution in [0.15, 0.2) is 47.4 Å². The lowest BCUT2D eigenvalue weighted by Crippen LogP contribution is -2.17. The number of benzene rings is 1. The molecule has 1 aromatic heterocycles. The minimum absolute atomic E-state index is 0.270. The van der Waals surface area contributed by atoms with E-state index < -0.39 is 10.7 Å². The molecule has 5 heteroatoms. The molecular formula is C11H7ClN2O2. The molecule has 2 rings (SSSR count). The predicted molar refractivity (Wildman–Crippen MR) is 60.0 cm³/mol. The van der Waals surface area contributed by atoms with Crippen LogP contribution in [0.1, 0.15) is 10.5 Å². The second-order valence-electron chi connectivity index (χ2n) is 3.08. The van der Waals surface area contributed by atoms with Gasteiger partial charge in [-0.3, -0.25) is 9.59 Å². The van der Waals surface area contributed by atoms with Crippen molar-refractivity contribution in [3.63, 3.8) is 0 Å². The largest absolute Gasteiger partial charge is 0.287 e. The van der Waals surface area contributed by atoms with Crippen LogP contribution in [0.2, 0.25) is 0 Å². The van der Waals surface area contributed by atoms with Crippen LogP contribution in [0.25, 0.3) is 5.69 Å². The summed E-state index contributed by atoms with van der Waals surface area (Å²) in [5.74, 6) is 0. The maximum Gasteiger partial charge on any atom is 0.276 e. The zero-order valence-corrected chi connectivity index (χ0v) is 8.89. The summed E-state index contributed by atoms with van der Waals surface area (Å²) >= 11 is 5.25. The van der Waals surface area contributed by atoms with E-state index in [0.29, 0.717) is 0 Å². The van der Waals surface area contributed by atoms with E-state index in [2.05, 4.69) is 5.10 Å². The average Bonchev–Trinajstić information content (AvgIpc) is 2.30. The highest BCUT2D eigenvalue weighted by atomic mass is 35.5. The van der Waals surface area contributed by atoms with Crippen molar-refractivity contribution in [1.82, 2.24) is 9.78 Å². The number of halogens is 1. The fourth-order valence-electron chi connectivity index (χ4n) is 1.27. The zero-order chi connectivity index (χ0) is 11.5. The Hall–Kier alpha value is -1.94. The molecule has 0 aliphatic rings. The third kappa shape index (κ3) is 2.01. The third-order valence-corrected chi connectivity index (χ3v) is 2.19. The minimum atomic E-state index is -0.852. The molecule has 0 atom stereocenters. The van der Waals surface area contributed by atoms with E-state index in [-0.39, 0.29) is 5.69 Å². The monoisotopic (exact) mass is 234 g/mol. The summed E-state index contributed by atoms with van der Waals surface area (Å²) in [5.41, 5.74) is 0.00173. The van der Waals surface area contributed by atoms with Gasteiger partial charge in [0.05, 0.1) is 5.69 Å². The third-order valence-electron chi connectivity index (χ3n) is 2.02. The van der Waals surface area contributed by atoms with E-state index in [1.807, 2.05) is 18.2 Å². The van der Waals surface area contributed by atoms with Crippen LogP contribution in [0.3, 0.4) is 0 Å². The van der Waals surface area contributed by atoms with Crippen molar-refractivity contribution in [3.05, 3.63) is 58.5 Å². The van der Waals surface area contributed by atoms with Crippen molar-refractivity contribution in [2.24, 2.45) is 0 Å². The zero-order valence-electron chi connectivity index (χ0n) is 8.13. The van der Waals surface area contributed by atoms with Gasteiger partial charge >= 0.3 is 0 Å². The van der Waals surface area contributed by atoms with Gasteiger partial charge in [-0.2, -0.15) is 5.10 Å². The average molecular weight is 235 g/mol. The highest BCUT2D eigenvalue weighted by Gasteiger charge is 2.09. The summed E-state index contributed by atoms with van der Waals surface area (Å²) < 4.78 is 1.43. The van der Waals surface area contributed by atoms with E-state index in [1.165, 1.54) is 16.9 Å². The molecule has 0 aliphatic heterocycles. The molecule has 0 fully saturated rings. The van der Waals surface area contributed by atoms with Gasteiger partial charge in [0.25, 0.3) is 5.24 Å². The van der Waals surface area contributed by atoms with Gasteiger partial charge in [0.15, 0.2) is 5.69 Å². The van der Waals surface area contributed by atoms with E-state index in [0.717, 1.165) is 5.69 Å². The van der Waals surface area contributed by atoms with E-state index in [9.17, 15) is 9.59 Å². The van der Waals surface area contributed by atoms with Crippen LogP contribution >= 0.6 is 11.6 Å². The quantitative estimate of drug-likeness (QED) is 0.742. The highest BCUT2D eigenvalue weighted by molar-refractivity contribution is 6.67. The maximum absolute atomic E-state index is 11.3. The molecule has 1 heterocycles. The van der Waals surface area contributed by atoms with Crippen LogP contribution < -0.4 is 5.43 Å². The highest BCUT2D eigenvalue weighted by Crippen LogP contribution is 2.04. The Bertz CT molecular complexity index is 578. The lowest BCUT2D eigenvalue weighted by Gasteiger charge is -2.04. The Balaban J connectivity index is 2.57. The number of rotatable bonds is 2. The van der Waals surface area contributed by atoms with Crippen LogP contribution in [0.5, 0.6) is 0 Å². The summed E-state index contributed by atoms with van der Waals surface area (Å²) in [4.78, 5) is 22.2. The molecule has 16 heavy (non-hydrogen) atoms. The lowest BCUT2D eigenvalue weighted by molar-refractivity contribution is 0.107. The Labute approximate surface area is 96.1 Å². The molecule has 0 saturated heterocycles. The van der Waals surface area contributed by atoms with Crippen molar-refractivity contribution in [1.29, 1.82) is 0 Å². The smallest absolute Gasteiger partial charge is 0.276 e. The Morgan fingerprint density at radius 1 is 1.19 bits per heavy atom. The second kappa shape index (κ2) is 4.28. The SMILES string of the molecule is O=C(Cl)c1nn(-c2ccccc2)ccc1=O. The van der Waals surface area contributed by atoms with Gasteiger partial charge in [0.2, 0.25) is 5.43 Å². The Kier molecular flexibility index (Phi) is 2.83. The summed E-state index contributed by atoms with van der Waals surface area (Å²) in [6.45, 7) is 0. The molecule has 0 saturated carbocycles. The second-order valence-corrected chi connectivity index (χ2v) is 3.43. The van der Waals surface area contributed by atoms with Crippen molar-refractivity contribution >= 4 is 16.8 Å². The predicted octanol–water partition coefficient (Wildman–Crippen LogP) is 1.61. The van der Waals surface area contributed by atoms with Crippen LogP contribution in [-0.2, 0) is 0 Å². The first-order chi connectivity index (χ1) is 7.68. The first kappa shape index (κ1) is 10.6. The van der Waals surface area contributed by atoms with Crippen molar-refractivity contribution in [3.8, 4) is 5.69 Å². The molecule has 2 aromatic rings. The number of hydrogen-bond donors (Lipinski definition) is 0. The molecule has 0 radical (unpaired) electrons. The van der Waals surface area contributed by atoms with E-state index >= 15 is 0 Å². The number of para-hydroxylation sites is 1. The molecular weight excluding hydrogens is 228 g/mol. The Morgan fingerprint density at radius 3 is 2.50 bits per heavy atom. The minimum Gasteiger partial charge on any atom is -0.287 e. The molecule has 80 valence electrons. The number of carbonyl (C=O) groups excluding carboxylic acids is 1. The number of carbonyl (C=O) groups is 1. The van der Waals surface area contributed by atoms with Crippen molar-refractivity contribution < 1.29 is 4.79 Å². The summed E-state index contributed by atoms with van der Waals surface area (Å²) in [6, 6.07) is 10.4. The van der Waals surface area contributed by atoms with Crippen LogP contribution in [0.4, 0.5) is 0 Å². The molecule has 4 nitrogen and oxygen atoms in total. The maximum atomic E-state index is 11.3. The van der Waals surface area contributed by atoms with Gasteiger partial charge < -0.3 is 0 Å². The molecule has 0 aliphatic carbocycles. The normalized spacial score (nSPS) is 10.1. The van der Waals surface area contributed by atoms with E-state index in [1.54, 1.807) is 12.1 Å². The fourth-order valence-corrected chi connectivity index (χ4v) is 1.40. The van der Waals surface area contributed by atoms with E-state index in [4.69, 9.17) is 11.6 Å².